The summed E-state index contributed by atoms with van der Waals surface area (Å²) < 4.78 is 0. The Kier molecular flexibility index (Phi) is 5.60. The molecule has 1 atom stereocenters. The predicted molar refractivity (Wildman–Crippen MR) is 79.0 cm³/mol. The number of rotatable bonds is 7. The van der Waals surface area contributed by atoms with Gasteiger partial charge in [-0.25, -0.2) is 0 Å². The van der Waals surface area contributed by atoms with Gasteiger partial charge in [0.1, 0.15) is 0 Å². The third-order valence-corrected chi connectivity index (χ3v) is 3.18. The smallest absolute Gasteiger partial charge is 0.0914 e. The number of aliphatic hydroxyl groups excluding tert-OH is 1. The summed E-state index contributed by atoms with van der Waals surface area (Å²) in [6.07, 6.45) is 1.75. The Balaban J connectivity index is 1.62. The first-order chi connectivity index (χ1) is 9.36. The third-order valence-electron chi connectivity index (χ3n) is 3.18. The van der Waals surface area contributed by atoms with Crippen LogP contribution in [0.2, 0.25) is 0 Å². The van der Waals surface area contributed by atoms with Gasteiger partial charge in [0.25, 0.3) is 0 Å². The maximum absolute atomic E-state index is 9.97. The molecule has 100 valence electrons. The summed E-state index contributed by atoms with van der Waals surface area (Å²) in [6, 6.07) is 20.3. The first kappa shape index (κ1) is 13.8. The molecule has 0 fully saturated rings. The molecule has 0 aliphatic rings. The fourth-order valence-corrected chi connectivity index (χ4v) is 2.09. The van der Waals surface area contributed by atoms with E-state index in [0.29, 0.717) is 6.54 Å². The van der Waals surface area contributed by atoms with Crippen LogP contribution >= 0.6 is 0 Å². The van der Waals surface area contributed by atoms with E-state index in [-0.39, 0.29) is 0 Å². The standard InChI is InChI=1S/C17H21NO/c19-17(16-11-5-2-6-12-16)14-18-13-7-10-15-8-3-1-4-9-15/h1-6,8-9,11-12,17-19H,7,10,13-14H2. The zero-order valence-corrected chi connectivity index (χ0v) is 11.1. The SMILES string of the molecule is OC(CNCCCc1ccccc1)c1ccccc1. The van der Waals surface area contributed by atoms with Crippen LogP contribution in [0.25, 0.3) is 0 Å². The number of benzene rings is 2. The maximum atomic E-state index is 9.97. The van der Waals surface area contributed by atoms with Gasteiger partial charge in [-0.1, -0.05) is 60.7 Å². The van der Waals surface area contributed by atoms with E-state index in [1.165, 1.54) is 5.56 Å². The lowest BCUT2D eigenvalue weighted by atomic mass is 10.1. The average Bonchev–Trinajstić information content (AvgIpc) is 2.49. The van der Waals surface area contributed by atoms with Crippen LogP contribution in [0.3, 0.4) is 0 Å². The van der Waals surface area contributed by atoms with E-state index in [9.17, 15) is 5.11 Å². The first-order valence-corrected chi connectivity index (χ1v) is 6.84. The Labute approximate surface area is 115 Å². The highest BCUT2D eigenvalue weighted by molar-refractivity contribution is 5.17. The lowest BCUT2D eigenvalue weighted by molar-refractivity contribution is 0.175. The van der Waals surface area contributed by atoms with E-state index in [4.69, 9.17) is 0 Å². The Bertz CT molecular complexity index is 455. The van der Waals surface area contributed by atoms with Gasteiger partial charge in [0, 0.05) is 6.54 Å². The highest BCUT2D eigenvalue weighted by Crippen LogP contribution is 2.10. The summed E-state index contributed by atoms with van der Waals surface area (Å²) in [4.78, 5) is 0. The van der Waals surface area contributed by atoms with Gasteiger partial charge < -0.3 is 10.4 Å². The second kappa shape index (κ2) is 7.72. The molecule has 0 saturated carbocycles. The van der Waals surface area contributed by atoms with Gasteiger partial charge in [-0.15, -0.1) is 0 Å². The van der Waals surface area contributed by atoms with E-state index in [2.05, 4.69) is 29.6 Å². The van der Waals surface area contributed by atoms with Crippen molar-refractivity contribution in [2.24, 2.45) is 0 Å². The highest BCUT2D eigenvalue weighted by atomic mass is 16.3. The second-order valence-corrected chi connectivity index (χ2v) is 4.72. The van der Waals surface area contributed by atoms with Crippen LogP contribution in [-0.2, 0) is 6.42 Å². The largest absolute Gasteiger partial charge is 0.387 e. The van der Waals surface area contributed by atoms with Crippen LogP contribution in [0.5, 0.6) is 0 Å². The Morgan fingerprint density at radius 3 is 2.21 bits per heavy atom. The van der Waals surface area contributed by atoms with E-state index < -0.39 is 6.10 Å². The summed E-state index contributed by atoms with van der Waals surface area (Å²) >= 11 is 0. The van der Waals surface area contributed by atoms with E-state index >= 15 is 0 Å². The van der Waals surface area contributed by atoms with Crippen molar-refractivity contribution >= 4 is 0 Å². The molecule has 2 N–H and O–H groups in total. The molecule has 1 unspecified atom stereocenters. The van der Waals surface area contributed by atoms with E-state index in [1.54, 1.807) is 0 Å². The summed E-state index contributed by atoms with van der Waals surface area (Å²) in [6.45, 7) is 1.54. The van der Waals surface area contributed by atoms with Crippen LogP contribution < -0.4 is 5.32 Å². The Hall–Kier alpha value is -1.64. The van der Waals surface area contributed by atoms with Crippen molar-refractivity contribution < 1.29 is 5.11 Å². The normalized spacial score (nSPS) is 12.3. The maximum Gasteiger partial charge on any atom is 0.0914 e. The predicted octanol–water partition coefficient (Wildman–Crippen LogP) is 2.94. The zero-order valence-electron chi connectivity index (χ0n) is 11.1. The number of aryl methyl sites for hydroxylation is 1. The van der Waals surface area contributed by atoms with Crippen molar-refractivity contribution in [1.82, 2.24) is 5.32 Å². The van der Waals surface area contributed by atoms with Crippen LogP contribution in [0.1, 0.15) is 23.7 Å². The summed E-state index contributed by atoms with van der Waals surface area (Å²) in [7, 11) is 0. The number of hydrogen-bond acceptors (Lipinski definition) is 2. The molecular weight excluding hydrogens is 234 g/mol. The van der Waals surface area contributed by atoms with Gasteiger partial charge in [-0.2, -0.15) is 0 Å². The molecule has 0 bridgehead atoms. The van der Waals surface area contributed by atoms with Crippen molar-refractivity contribution in [3.63, 3.8) is 0 Å². The summed E-state index contributed by atoms with van der Waals surface area (Å²) in [5.41, 5.74) is 2.34. The van der Waals surface area contributed by atoms with Gasteiger partial charge in [-0.05, 0) is 30.5 Å². The van der Waals surface area contributed by atoms with Crippen molar-refractivity contribution in [2.45, 2.75) is 18.9 Å². The fourth-order valence-electron chi connectivity index (χ4n) is 2.09. The van der Waals surface area contributed by atoms with Crippen molar-refractivity contribution in [3.8, 4) is 0 Å². The van der Waals surface area contributed by atoms with E-state index in [0.717, 1.165) is 24.9 Å². The van der Waals surface area contributed by atoms with Crippen LogP contribution in [0, 0.1) is 0 Å². The van der Waals surface area contributed by atoms with Crippen molar-refractivity contribution in [1.29, 1.82) is 0 Å². The average molecular weight is 255 g/mol. The minimum absolute atomic E-state index is 0.419. The van der Waals surface area contributed by atoms with Crippen LogP contribution in [0.15, 0.2) is 60.7 Å². The topological polar surface area (TPSA) is 32.3 Å². The molecule has 2 heteroatoms. The van der Waals surface area contributed by atoms with Gasteiger partial charge in [0.2, 0.25) is 0 Å². The molecule has 0 saturated heterocycles. The molecule has 2 nitrogen and oxygen atoms in total. The van der Waals surface area contributed by atoms with Gasteiger partial charge in [0.05, 0.1) is 6.10 Å². The molecule has 2 rings (SSSR count). The number of nitrogens with one attached hydrogen (secondary N) is 1. The van der Waals surface area contributed by atoms with Gasteiger partial charge in [-0.3, -0.25) is 0 Å². The lowest BCUT2D eigenvalue weighted by Gasteiger charge is -2.12. The second-order valence-electron chi connectivity index (χ2n) is 4.72. The number of hydrogen-bond donors (Lipinski definition) is 2. The molecule has 0 aliphatic heterocycles. The Morgan fingerprint density at radius 2 is 1.53 bits per heavy atom. The molecule has 19 heavy (non-hydrogen) atoms. The molecule has 0 heterocycles. The van der Waals surface area contributed by atoms with Crippen molar-refractivity contribution in [2.75, 3.05) is 13.1 Å². The van der Waals surface area contributed by atoms with Gasteiger partial charge in [0.15, 0.2) is 0 Å². The molecule has 0 radical (unpaired) electrons. The molecule has 0 amide bonds. The minimum Gasteiger partial charge on any atom is -0.387 e. The zero-order chi connectivity index (χ0) is 13.3. The first-order valence-electron chi connectivity index (χ1n) is 6.84. The lowest BCUT2D eigenvalue weighted by Crippen LogP contribution is -2.22. The molecule has 2 aromatic carbocycles. The Morgan fingerprint density at radius 1 is 0.895 bits per heavy atom. The van der Waals surface area contributed by atoms with E-state index in [1.807, 2.05) is 36.4 Å². The summed E-state index contributed by atoms with van der Waals surface area (Å²) in [5, 5.41) is 13.3. The highest BCUT2D eigenvalue weighted by Gasteiger charge is 2.05. The minimum atomic E-state index is -0.419. The van der Waals surface area contributed by atoms with Crippen LogP contribution in [0.4, 0.5) is 0 Å². The van der Waals surface area contributed by atoms with Gasteiger partial charge >= 0.3 is 0 Å². The number of aliphatic hydroxyl groups is 1. The van der Waals surface area contributed by atoms with Crippen LogP contribution in [-0.4, -0.2) is 18.2 Å². The summed E-state index contributed by atoms with van der Waals surface area (Å²) in [5.74, 6) is 0. The molecular formula is C17H21NO. The molecule has 0 aromatic heterocycles. The molecule has 0 spiro atoms. The fraction of sp³-hybridized carbons (Fsp3) is 0.294. The molecule has 0 aliphatic carbocycles. The molecule has 2 aromatic rings. The third kappa shape index (κ3) is 4.86. The van der Waals surface area contributed by atoms with Crippen molar-refractivity contribution in [3.05, 3.63) is 71.8 Å². The monoisotopic (exact) mass is 255 g/mol. The quantitative estimate of drug-likeness (QED) is 0.746.